The molecule has 0 unspecified atom stereocenters. The van der Waals surface area contributed by atoms with Gasteiger partial charge in [0.2, 0.25) is 11.8 Å². The fourth-order valence-corrected chi connectivity index (χ4v) is 4.95. The number of hydrogen-bond acceptors (Lipinski definition) is 8. The molecule has 12 nitrogen and oxygen atoms in total. The molecule has 0 aliphatic carbocycles. The Morgan fingerprint density at radius 2 is 1.98 bits per heavy atom. The number of amides is 3. The number of H-pyrrole nitrogens is 1. The van der Waals surface area contributed by atoms with Crippen LogP contribution in [-0.4, -0.2) is 83.3 Å². The molecule has 12 heteroatoms. The first-order valence-electron chi connectivity index (χ1n) is 14.2. The molecule has 2 aromatic carbocycles. The summed E-state index contributed by atoms with van der Waals surface area (Å²) in [5, 5.41) is 6.03. The number of para-hydroxylation sites is 2. The molecule has 0 saturated heterocycles. The summed E-state index contributed by atoms with van der Waals surface area (Å²) >= 11 is 0. The fraction of sp³-hybridized carbons (Fsp3) is 0.433. The standard InChI is InChI=1S/C30H39N7O5/c1-36(19-26-34-23-8-5-6-9-24(23)35-26)29(40)20-11-12-22-21(16-20)18-37(30(41)25(33-22)17-28(39)42-2)15-14-32-27(38)10-4-3-7-13-31/h5-6,8-9,11-12,16,25,33H,3-4,7,10,13-15,17-19,31H2,1-2H3,(H,32,38)(H,34,35)/t25-/m0/s1. The van der Waals surface area contributed by atoms with Crippen molar-refractivity contribution in [3.63, 3.8) is 0 Å². The van der Waals surface area contributed by atoms with E-state index in [-0.39, 0.29) is 43.8 Å². The summed E-state index contributed by atoms with van der Waals surface area (Å²) in [6, 6.07) is 12.0. The van der Waals surface area contributed by atoms with Crippen molar-refractivity contribution in [1.82, 2.24) is 25.1 Å². The molecule has 1 aliphatic rings. The highest BCUT2D eigenvalue weighted by Crippen LogP contribution is 2.26. The Balaban J connectivity index is 1.46. The van der Waals surface area contributed by atoms with Crippen LogP contribution in [0.2, 0.25) is 0 Å². The molecule has 0 saturated carbocycles. The molecule has 224 valence electrons. The largest absolute Gasteiger partial charge is 0.469 e. The Bertz CT molecular complexity index is 1390. The topological polar surface area (TPSA) is 163 Å². The number of anilines is 1. The van der Waals surface area contributed by atoms with Crippen LogP contribution in [0.4, 0.5) is 5.69 Å². The number of nitrogens with zero attached hydrogens (tertiary/aromatic N) is 3. The molecule has 4 rings (SSSR count). The number of nitrogens with one attached hydrogen (secondary N) is 3. The molecule has 42 heavy (non-hydrogen) atoms. The molecule has 0 bridgehead atoms. The van der Waals surface area contributed by atoms with Crippen molar-refractivity contribution in [2.24, 2.45) is 5.73 Å². The van der Waals surface area contributed by atoms with E-state index in [4.69, 9.17) is 10.5 Å². The van der Waals surface area contributed by atoms with Gasteiger partial charge in [-0.15, -0.1) is 0 Å². The average Bonchev–Trinajstić information content (AvgIpc) is 3.35. The molecule has 5 N–H and O–H groups in total. The van der Waals surface area contributed by atoms with Crippen molar-refractivity contribution >= 4 is 40.4 Å². The van der Waals surface area contributed by atoms with Crippen molar-refractivity contribution in [3.05, 3.63) is 59.4 Å². The van der Waals surface area contributed by atoms with Crippen LogP contribution in [0.5, 0.6) is 0 Å². The number of aromatic nitrogens is 2. The maximum atomic E-state index is 13.4. The molecule has 2 heterocycles. The Morgan fingerprint density at radius 3 is 2.74 bits per heavy atom. The lowest BCUT2D eigenvalue weighted by atomic mass is 10.1. The molecule has 0 radical (unpaired) electrons. The SMILES string of the molecule is COC(=O)C[C@@H]1Nc2ccc(C(=O)N(C)Cc3nc4ccccc4[nH]3)cc2CN(CCNC(=O)CCCCCN)C1=O. The number of esters is 1. The van der Waals surface area contributed by atoms with E-state index in [9.17, 15) is 19.2 Å². The molecule has 1 aromatic heterocycles. The van der Waals surface area contributed by atoms with Gasteiger partial charge in [0.05, 0.1) is 31.1 Å². The number of carbonyl (C=O) groups is 4. The second kappa shape index (κ2) is 14.4. The van der Waals surface area contributed by atoms with Crippen LogP contribution in [0.25, 0.3) is 11.0 Å². The second-order valence-electron chi connectivity index (χ2n) is 10.4. The summed E-state index contributed by atoms with van der Waals surface area (Å²) in [6.45, 7) is 1.61. The van der Waals surface area contributed by atoms with Gasteiger partial charge in [-0.3, -0.25) is 19.2 Å². The lowest BCUT2D eigenvalue weighted by Gasteiger charge is -2.24. The maximum Gasteiger partial charge on any atom is 0.308 e. The smallest absolute Gasteiger partial charge is 0.308 e. The zero-order valence-corrected chi connectivity index (χ0v) is 24.2. The van der Waals surface area contributed by atoms with Gasteiger partial charge in [0.25, 0.3) is 5.91 Å². The number of aromatic amines is 1. The molecule has 3 amide bonds. The number of fused-ring (bicyclic) bond motifs is 2. The van der Waals surface area contributed by atoms with E-state index >= 15 is 0 Å². The molecule has 1 aliphatic heterocycles. The maximum absolute atomic E-state index is 13.4. The van der Waals surface area contributed by atoms with Crippen LogP contribution in [-0.2, 0) is 32.2 Å². The van der Waals surface area contributed by atoms with E-state index in [1.165, 1.54) is 7.11 Å². The van der Waals surface area contributed by atoms with Gasteiger partial charge in [-0.25, -0.2) is 4.98 Å². The molecule has 3 aromatic rings. The first kappa shape index (κ1) is 30.5. The Hall–Kier alpha value is -4.45. The first-order chi connectivity index (χ1) is 20.3. The molecular weight excluding hydrogens is 538 g/mol. The van der Waals surface area contributed by atoms with Gasteiger partial charge < -0.3 is 35.9 Å². The zero-order chi connectivity index (χ0) is 30.1. The van der Waals surface area contributed by atoms with E-state index < -0.39 is 12.0 Å². The summed E-state index contributed by atoms with van der Waals surface area (Å²) in [4.78, 5) is 62.1. The Morgan fingerprint density at radius 1 is 1.17 bits per heavy atom. The van der Waals surface area contributed by atoms with E-state index in [1.54, 1.807) is 35.0 Å². The highest BCUT2D eigenvalue weighted by atomic mass is 16.5. The molecule has 1 atom stereocenters. The number of nitrogens with two attached hydrogens (primary N) is 1. The fourth-order valence-electron chi connectivity index (χ4n) is 4.95. The van der Waals surface area contributed by atoms with Crippen molar-refractivity contribution < 1.29 is 23.9 Å². The van der Waals surface area contributed by atoms with Gasteiger partial charge in [0, 0.05) is 44.4 Å². The van der Waals surface area contributed by atoms with Crippen LogP contribution in [0.1, 0.15) is 53.8 Å². The highest BCUT2D eigenvalue weighted by Gasteiger charge is 2.31. The minimum absolute atomic E-state index is 0.0840. The predicted octanol–water partition coefficient (Wildman–Crippen LogP) is 2.16. The second-order valence-corrected chi connectivity index (χ2v) is 10.4. The van der Waals surface area contributed by atoms with Crippen LogP contribution in [0.15, 0.2) is 42.5 Å². The number of rotatable bonds is 13. The number of imidazole rings is 1. The van der Waals surface area contributed by atoms with Gasteiger partial charge in [0.15, 0.2) is 0 Å². The number of unbranched alkanes of at least 4 members (excludes halogenated alkanes) is 2. The van der Waals surface area contributed by atoms with E-state index in [2.05, 4.69) is 20.6 Å². The lowest BCUT2D eigenvalue weighted by Crippen LogP contribution is -2.44. The summed E-state index contributed by atoms with van der Waals surface area (Å²) in [5.74, 6) is -0.419. The summed E-state index contributed by atoms with van der Waals surface area (Å²) in [5.41, 5.74) is 9.08. The highest BCUT2D eigenvalue weighted by molar-refractivity contribution is 5.96. The van der Waals surface area contributed by atoms with Gasteiger partial charge in [-0.1, -0.05) is 18.6 Å². The molecular formula is C30H39N7O5. The van der Waals surface area contributed by atoms with Crippen molar-refractivity contribution in [1.29, 1.82) is 0 Å². The van der Waals surface area contributed by atoms with Gasteiger partial charge in [-0.05, 0) is 55.3 Å². The normalized spacial score (nSPS) is 14.6. The molecule has 0 spiro atoms. The van der Waals surface area contributed by atoms with Crippen LogP contribution >= 0.6 is 0 Å². The molecule has 0 fully saturated rings. The predicted molar refractivity (Wildman–Crippen MR) is 158 cm³/mol. The van der Waals surface area contributed by atoms with Gasteiger partial charge in [0.1, 0.15) is 11.9 Å². The minimum Gasteiger partial charge on any atom is -0.469 e. The van der Waals surface area contributed by atoms with Crippen molar-refractivity contribution in [3.8, 4) is 0 Å². The lowest BCUT2D eigenvalue weighted by molar-refractivity contribution is -0.144. The van der Waals surface area contributed by atoms with Crippen LogP contribution in [0.3, 0.4) is 0 Å². The third-order valence-electron chi connectivity index (χ3n) is 7.24. The monoisotopic (exact) mass is 577 g/mol. The van der Waals surface area contributed by atoms with Crippen LogP contribution in [0, 0.1) is 0 Å². The number of benzene rings is 2. The third kappa shape index (κ3) is 7.84. The van der Waals surface area contributed by atoms with Gasteiger partial charge in [-0.2, -0.15) is 0 Å². The Kier molecular flexibility index (Phi) is 10.5. The van der Waals surface area contributed by atoms with Crippen molar-refractivity contribution in [2.75, 3.05) is 39.1 Å². The summed E-state index contributed by atoms with van der Waals surface area (Å²) < 4.78 is 4.81. The van der Waals surface area contributed by atoms with Gasteiger partial charge >= 0.3 is 5.97 Å². The number of methoxy groups -OCH3 is 1. The number of carbonyl (C=O) groups excluding carboxylic acids is 4. The van der Waals surface area contributed by atoms with Crippen molar-refractivity contribution in [2.45, 2.75) is 51.2 Å². The zero-order valence-electron chi connectivity index (χ0n) is 24.2. The van der Waals surface area contributed by atoms with Crippen LogP contribution < -0.4 is 16.4 Å². The minimum atomic E-state index is -0.844. The quantitative estimate of drug-likeness (QED) is 0.177. The number of ether oxygens (including phenoxy) is 1. The Labute approximate surface area is 245 Å². The summed E-state index contributed by atoms with van der Waals surface area (Å²) in [6.07, 6.45) is 2.77. The van der Waals surface area contributed by atoms with E-state index in [0.717, 1.165) is 35.9 Å². The first-order valence-corrected chi connectivity index (χ1v) is 14.2. The summed E-state index contributed by atoms with van der Waals surface area (Å²) in [7, 11) is 2.98. The average molecular weight is 578 g/mol. The third-order valence-corrected chi connectivity index (χ3v) is 7.24. The number of hydrogen-bond donors (Lipinski definition) is 4. The van der Waals surface area contributed by atoms with E-state index in [1.807, 2.05) is 24.3 Å². The van der Waals surface area contributed by atoms with E-state index in [0.29, 0.717) is 36.6 Å².